The molecule has 8 aromatic carbocycles. The predicted molar refractivity (Wildman–Crippen MR) is 210 cm³/mol. The summed E-state index contributed by atoms with van der Waals surface area (Å²) in [5.74, 6) is 0.564. The Morgan fingerprint density at radius 3 is 1.76 bits per heavy atom. The van der Waals surface area contributed by atoms with Crippen molar-refractivity contribution in [3.05, 3.63) is 182 Å². The second-order valence-electron chi connectivity index (χ2n) is 12.8. The van der Waals surface area contributed by atoms with Gasteiger partial charge in [0.1, 0.15) is 22.4 Å². The highest BCUT2D eigenvalue weighted by molar-refractivity contribution is 6.20. The van der Waals surface area contributed by atoms with Crippen LogP contribution < -0.4 is 4.90 Å². The lowest BCUT2D eigenvalue weighted by Gasteiger charge is -2.26. The SMILES string of the molecule is c1ccc(-c2ccc(N(c3ccc(-c4cccc5ccccc45)cc3)c3c4oc(-c5ccccc5)nc4cc4oc5ccccc5c34)cc2)cc1. The maximum absolute atomic E-state index is 6.78. The average molecular weight is 655 g/mol. The fraction of sp³-hybridized carbons (Fsp3) is 0. The molecule has 0 atom stereocenters. The van der Waals surface area contributed by atoms with Gasteiger partial charge in [0.25, 0.3) is 0 Å². The van der Waals surface area contributed by atoms with Crippen LogP contribution in [0.3, 0.4) is 0 Å². The number of para-hydroxylation sites is 1. The Labute approximate surface area is 294 Å². The number of anilines is 3. The van der Waals surface area contributed by atoms with Crippen LogP contribution in [0.4, 0.5) is 17.1 Å². The Morgan fingerprint density at radius 1 is 0.431 bits per heavy atom. The molecule has 2 aromatic heterocycles. The van der Waals surface area contributed by atoms with E-state index in [1.165, 1.54) is 21.9 Å². The van der Waals surface area contributed by atoms with Crippen LogP contribution in [0.25, 0.3) is 77.5 Å². The predicted octanol–water partition coefficient (Wildman–Crippen LogP) is 13.4. The fourth-order valence-corrected chi connectivity index (χ4v) is 7.27. The zero-order valence-electron chi connectivity index (χ0n) is 27.5. The first-order valence-corrected chi connectivity index (χ1v) is 17.1. The minimum absolute atomic E-state index is 0.564. The van der Waals surface area contributed by atoms with Crippen LogP contribution in [0.2, 0.25) is 0 Å². The van der Waals surface area contributed by atoms with Crippen molar-refractivity contribution < 1.29 is 8.83 Å². The Morgan fingerprint density at radius 2 is 1.02 bits per heavy atom. The molecule has 10 rings (SSSR count). The number of hydrogen-bond donors (Lipinski definition) is 0. The third-order valence-corrected chi connectivity index (χ3v) is 9.70. The van der Waals surface area contributed by atoms with Gasteiger partial charge in [0, 0.05) is 28.4 Å². The van der Waals surface area contributed by atoms with E-state index in [9.17, 15) is 0 Å². The average Bonchev–Trinajstić information content (AvgIpc) is 3.80. The molecule has 4 heteroatoms. The molecule has 0 saturated heterocycles. The van der Waals surface area contributed by atoms with E-state index >= 15 is 0 Å². The van der Waals surface area contributed by atoms with E-state index in [-0.39, 0.29) is 0 Å². The van der Waals surface area contributed by atoms with Gasteiger partial charge in [0.2, 0.25) is 5.89 Å². The van der Waals surface area contributed by atoms with Gasteiger partial charge < -0.3 is 13.7 Å². The lowest BCUT2D eigenvalue weighted by Crippen LogP contribution is -2.11. The maximum atomic E-state index is 6.78. The van der Waals surface area contributed by atoms with Gasteiger partial charge in [-0.3, -0.25) is 0 Å². The van der Waals surface area contributed by atoms with Crippen LogP contribution in [0.15, 0.2) is 191 Å². The highest BCUT2D eigenvalue weighted by Gasteiger charge is 2.26. The van der Waals surface area contributed by atoms with Crippen molar-refractivity contribution in [3.8, 4) is 33.7 Å². The molecule has 2 heterocycles. The molecule has 0 aliphatic heterocycles. The van der Waals surface area contributed by atoms with Crippen molar-refractivity contribution in [1.29, 1.82) is 0 Å². The van der Waals surface area contributed by atoms with Crippen molar-refractivity contribution in [3.63, 3.8) is 0 Å². The normalized spacial score (nSPS) is 11.5. The molecule has 0 aliphatic rings. The van der Waals surface area contributed by atoms with Gasteiger partial charge in [-0.25, -0.2) is 4.98 Å². The zero-order valence-corrected chi connectivity index (χ0v) is 27.5. The smallest absolute Gasteiger partial charge is 0.227 e. The summed E-state index contributed by atoms with van der Waals surface area (Å²) in [6.07, 6.45) is 0. The summed E-state index contributed by atoms with van der Waals surface area (Å²) in [5, 5.41) is 4.44. The third kappa shape index (κ3) is 4.96. The second kappa shape index (κ2) is 11.9. The maximum Gasteiger partial charge on any atom is 0.227 e. The number of furan rings is 1. The summed E-state index contributed by atoms with van der Waals surface area (Å²) in [5.41, 5.74) is 11.4. The summed E-state index contributed by atoms with van der Waals surface area (Å²) < 4.78 is 13.3. The quantitative estimate of drug-likeness (QED) is 0.179. The highest BCUT2D eigenvalue weighted by atomic mass is 16.4. The van der Waals surface area contributed by atoms with E-state index in [0.29, 0.717) is 11.5 Å². The van der Waals surface area contributed by atoms with Crippen LogP contribution in [-0.4, -0.2) is 4.98 Å². The topological polar surface area (TPSA) is 42.4 Å². The van der Waals surface area contributed by atoms with E-state index in [1.807, 2.05) is 54.6 Å². The van der Waals surface area contributed by atoms with Crippen molar-refractivity contribution >= 4 is 60.9 Å². The molecule has 240 valence electrons. The zero-order chi connectivity index (χ0) is 33.7. The minimum Gasteiger partial charge on any atom is -0.456 e. The van der Waals surface area contributed by atoms with Crippen molar-refractivity contribution in [2.45, 2.75) is 0 Å². The number of fused-ring (bicyclic) bond motifs is 5. The third-order valence-electron chi connectivity index (χ3n) is 9.70. The van der Waals surface area contributed by atoms with E-state index < -0.39 is 0 Å². The molecule has 0 amide bonds. The van der Waals surface area contributed by atoms with E-state index in [0.717, 1.165) is 61.2 Å². The first-order valence-electron chi connectivity index (χ1n) is 17.1. The van der Waals surface area contributed by atoms with Crippen LogP contribution in [0, 0.1) is 0 Å². The van der Waals surface area contributed by atoms with Crippen molar-refractivity contribution in [2.24, 2.45) is 0 Å². The van der Waals surface area contributed by atoms with Crippen LogP contribution in [0.1, 0.15) is 0 Å². The molecule has 0 unspecified atom stereocenters. The molecule has 0 fully saturated rings. The number of nitrogens with zero attached hydrogens (tertiary/aromatic N) is 2. The minimum atomic E-state index is 0.564. The lowest BCUT2D eigenvalue weighted by molar-refractivity contribution is 0.620. The fourth-order valence-electron chi connectivity index (χ4n) is 7.27. The van der Waals surface area contributed by atoms with Crippen molar-refractivity contribution in [1.82, 2.24) is 4.98 Å². The molecular weight excluding hydrogens is 625 g/mol. The summed E-state index contributed by atoms with van der Waals surface area (Å²) in [6.45, 7) is 0. The van der Waals surface area contributed by atoms with E-state index in [2.05, 4.69) is 132 Å². The summed E-state index contributed by atoms with van der Waals surface area (Å²) >= 11 is 0. The number of rotatable bonds is 6. The first-order chi connectivity index (χ1) is 25.3. The lowest BCUT2D eigenvalue weighted by atomic mass is 9.98. The molecule has 4 nitrogen and oxygen atoms in total. The van der Waals surface area contributed by atoms with E-state index in [1.54, 1.807) is 0 Å². The van der Waals surface area contributed by atoms with E-state index in [4.69, 9.17) is 13.8 Å². The van der Waals surface area contributed by atoms with Crippen LogP contribution in [-0.2, 0) is 0 Å². The first kappa shape index (κ1) is 29.0. The largest absolute Gasteiger partial charge is 0.456 e. The molecular formula is C47H30N2O2. The van der Waals surface area contributed by atoms with Gasteiger partial charge >= 0.3 is 0 Å². The number of aromatic nitrogens is 1. The van der Waals surface area contributed by atoms with Gasteiger partial charge in [-0.2, -0.15) is 0 Å². The summed E-state index contributed by atoms with van der Waals surface area (Å²) in [4.78, 5) is 7.30. The standard InChI is InChI=1S/C47H30N2O2/c1-3-12-31(13-4-1)32-22-26-36(27-23-32)49(37-28-24-34(25-29-37)39-20-11-17-33-14-7-8-18-38(33)39)45-44-40-19-9-10-21-42(40)50-43(44)30-41-46(45)51-47(48-41)35-15-5-2-6-16-35/h1-30H. The number of benzene rings is 8. The molecule has 0 bridgehead atoms. The Hall–Kier alpha value is -6.91. The number of oxazole rings is 1. The van der Waals surface area contributed by atoms with Crippen LogP contribution >= 0.6 is 0 Å². The van der Waals surface area contributed by atoms with Gasteiger partial charge in [0.05, 0.1) is 5.39 Å². The molecule has 0 spiro atoms. The van der Waals surface area contributed by atoms with Gasteiger partial charge in [-0.15, -0.1) is 0 Å². The molecule has 51 heavy (non-hydrogen) atoms. The highest BCUT2D eigenvalue weighted by Crippen LogP contribution is 2.48. The van der Waals surface area contributed by atoms with Gasteiger partial charge in [-0.1, -0.05) is 133 Å². The van der Waals surface area contributed by atoms with Gasteiger partial charge in [-0.05, 0) is 75.5 Å². The molecule has 0 saturated carbocycles. The molecule has 0 aliphatic carbocycles. The summed E-state index contributed by atoms with van der Waals surface area (Å²) in [6, 6.07) is 63.3. The van der Waals surface area contributed by atoms with Gasteiger partial charge in [0.15, 0.2) is 5.58 Å². The number of hydrogen-bond acceptors (Lipinski definition) is 4. The van der Waals surface area contributed by atoms with Crippen LogP contribution in [0.5, 0.6) is 0 Å². The molecule has 0 radical (unpaired) electrons. The molecule has 0 N–H and O–H groups in total. The second-order valence-corrected chi connectivity index (χ2v) is 12.8. The monoisotopic (exact) mass is 654 g/mol. The Kier molecular flexibility index (Phi) is 6.78. The van der Waals surface area contributed by atoms with Crippen molar-refractivity contribution in [2.75, 3.05) is 4.90 Å². The Balaban J connectivity index is 1.23. The summed E-state index contributed by atoms with van der Waals surface area (Å²) in [7, 11) is 0. The molecule has 10 aromatic rings. The Bertz CT molecular complexity index is 2830.